The lowest BCUT2D eigenvalue weighted by Gasteiger charge is -2.07. The molecule has 0 spiro atoms. The summed E-state index contributed by atoms with van der Waals surface area (Å²) in [6, 6.07) is 13.9. The molecule has 0 heterocycles. The van der Waals surface area contributed by atoms with Crippen LogP contribution >= 0.6 is 11.6 Å². The molecule has 0 aromatic heterocycles. The summed E-state index contributed by atoms with van der Waals surface area (Å²) in [4.78, 5) is 0. The smallest absolute Gasteiger partial charge is 0.147 e. The lowest BCUT2D eigenvalue weighted by molar-refractivity contribution is 0.629. The van der Waals surface area contributed by atoms with Crippen LogP contribution in [0.3, 0.4) is 0 Å². The minimum absolute atomic E-state index is 0.320. The molecule has 0 saturated carbocycles. The Kier molecular flexibility index (Phi) is 4.38. The second kappa shape index (κ2) is 6.21. The minimum atomic E-state index is -0.407. The van der Waals surface area contributed by atoms with Crippen molar-refractivity contribution in [3.8, 4) is 6.07 Å². The molecule has 0 radical (unpaired) electrons. The topological polar surface area (TPSA) is 35.8 Å². The zero-order valence-electron chi connectivity index (χ0n) is 10.2. The molecule has 0 bridgehead atoms. The van der Waals surface area contributed by atoms with Gasteiger partial charge in [0.05, 0.1) is 17.3 Å². The molecule has 2 nitrogen and oxygen atoms in total. The predicted octanol–water partition coefficient (Wildman–Crippen LogP) is 4.01. The summed E-state index contributed by atoms with van der Waals surface area (Å²) < 4.78 is 13.6. The zero-order chi connectivity index (χ0) is 13.7. The van der Waals surface area contributed by atoms with Gasteiger partial charge in [0.25, 0.3) is 0 Å². The Balaban J connectivity index is 1.92. The van der Waals surface area contributed by atoms with Gasteiger partial charge in [0.15, 0.2) is 0 Å². The van der Waals surface area contributed by atoms with Crippen LogP contribution in [-0.2, 0) is 6.42 Å². The Morgan fingerprint density at radius 1 is 1.16 bits per heavy atom. The lowest BCUT2D eigenvalue weighted by atomic mass is 10.1. The molecule has 19 heavy (non-hydrogen) atoms. The van der Waals surface area contributed by atoms with Crippen LogP contribution in [0.1, 0.15) is 11.1 Å². The summed E-state index contributed by atoms with van der Waals surface area (Å²) in [6.07, 6.45) is 0.774. The van der Waals surface area contributed by atoms with Gasteiger partial charge in [0, 0.05) is 11.6 Å². The zero-order valence-corrected chi connectivity index (χ0v) is 10.9. The van der Waals surface area contributed by atoms with Crippen molar-refractivity contribution in [1.29, 1.82) is 5.26 Å². The maximum atomic E-state index is 13.6. The highest BCUT2D eigenvalue weighted by Crippen LogP contribution is 2.15. The van der Waals surface area contributed by atoms with Gasteiger partial charge in [-0.25, -0.2) is 4.39 Å². The average molecular weight is 275 g/mol. The molecule has 2 rings (SSSR count). The molecule has 0 atom stereocenters. The number of benzene rings is 2. The highest BCUT2D eigenvalue weighted by atomic mass is 35.5. The molecule has 96 valence electrons. The first-order valence-electron chi connectivity index (χ1n) is 5.87. The third-order valence-electron chi connectivity index (χ3n) is 2.74. The summed E-state index contributed by atoms with van der Waals surface area (Å²) >= 11 is 5.80. The molecule has 2 aromatic rings. The Labute approximate surface area is 116 Å². The van der Waals surface area contributed by atoms with Gasteiger partial charge < -0.3 is 5.32 Å². The second-order valence-corrected chi connectivity index (χ2v) is 4.55. The first-order chi connectivity index (χ1) is 9.19. The van der Waals surface area contributed by atoms with E-state index in [0.717, 1.165) is 12.0 Å². The predicted molar refractivity (Wildman–Crippen MR) is 74.8 cm³/mol. The fraction of sp³-hybridized carbons (Fsp3) is 0.133. The molecule has 2 aromatic carbocycles. The fourth-order valence-electron chi connectivity index (χ4n) is 1.72. The van der Waals surface area contributed by atoms with Gasteiger partial charge in [-0.15, -0.1) is 0 Å². The summed E-state index contributed by atoms with van der Waals surface area (Å²) in [5.41, 5.74) is 1.86. The minimum Gasteiger partial charge on any atom is -0.382 e. The number of hydrogen-bond acceptors (Lipinski definition) is 2. The lowest BCUT2D eigenvalue weighted by Crippen LogP contribution is -2.06. The van der Waals surface area contributed by atoms with Crippen LogP contribution in [0.15, 0.2) is 42.5 Å². The van der Waals surface area contributed by atoms with Gasteiger partial charge in [0.1, 0.15) is 5.82 Å². The molecule has 0 fully saturated rings. The van der Waals surface area contributed by atoms with E-state index >= 15 is 0 Å². The quantitative estimate of drug-likeness (QED) is 0.914. The van der Waals surface area contributed by atoms with Crippen molar-refractivity contribution in [2.75, 3.05) is 11.9 Å². The van der Waals surface area contributed by atoms with Crippen molar-refractivity contribution in [3.05, 3.63) is 64.4 Å². The van der Waals surface area contributed by atoms with Crippen LogP contribution < -0.4 is 5.32 Å². The summed E-state index contributed by atoms with van der Waals surface area (Å²) in [5, 5.41) is 12.4. The molecule has 0 aliphatic carbocycles. The number of halogens is 2. The van der Waals surface area contributed by atoms with E-state index in [0.29, 0.717) is 22.8 Å². The standard InChI is InChI=1S/C15H12ClFN2/c16-13-4-1-11(2-5-13)7-8-19-15-6-3-12(10-18)9-14(15)17/h1-6,9,19H,7-8H2. The van der Waals surface area contributed by atoms with E-state index in [4.69, 9.17) is 16.9 Å². The van der Waals surface area contributed by atoms with E-state index in [9.17, 15) is 4.39 Å². The van der Waals surface area contributed by atoms with Crippen LogP contribution in [0.5, 0.6) is 0 Å². The summed E-state index contributed by atoms with van der Waals surface area (Å²) in [7, 11) is 0. The maximum Gasteiger partial charge on any atom is 0.147 e. The molecule has 0 unspecified atom stereocenters. The van der Waals surface area contributed by atoms with E-state index in [1.165, 1.54) is 6.07 Å². The SMILES string of the molecule is N#Cc1ccc(NCCc2ccc(Cl)cc2)c(F)c1. The Morgan fingerprint density at radius 3 is 2.53 bits per heavy atom. The van der Waals surface area contributed by atoms with Gasteiger partial charge in [-0.3, -0.25) is 0 Å². The maximum absolute atomic E-state index is 13.6. The normalized spacial score (nSPS) is 9.95. The molecule has 1 N–H and O–H groups in total. The van der Waals surface area contributed by atoms with E-state index in [1.54, 1.807) is 12.1 Å². The average Bonchev–Trinajstić information content (AvgIpc) is 2.42. The number of anilines is 1. The van der Waals surface area contributed by atoms with Crippen LogP contribution in [0, 0.1) is 17.1 Å². The van der Waals surface area contributed by atoms with Crippen LogP contribution in [-0.4, -0.2) is 6.54 Å². The van der Waals surface area contributed by atoms with E-state index < -0.39 is 5.82 Å². The molecule has 0 saturated heterocycles. The molecule has 0 amide bonds. The van der Waals surface area contributed by atoms with Crippen molar-refractivity contribution in [3.63, 3.8) is 0 Å². The molecular formula is C15H12ClFN2. The third-order valence-corrected chi connectivity index (χ3v) is 2.99. The number of nitrogens with one attached hydrogen (secondary N) is 1. The number of nitriles is 1. The van der Waals surface area contributed by atoms with Crippen molar-refractivity contribution in [2.45, 2.75) is 6.42 Å². The highest BCUT2D eigenvalue weighted by molar-refractivity contribution is 6.30. The third kappa shape index (κ3) is 3.70. The first-order valence-corrected chi connectivity index (χ1v) is 6.25. The van der Waals surface area contributed by atoms with Crippen molar-refractivity contribution < 1.29 is 4.39 Å². The Bertz CT molecular complexity index is 603. The fourth-order valence-corrected chi connectivity index (χ4v) is 1.85. The van der Waals surface area contributed by atoms with E-state index in [1.807, 2.05) is 30.3 Å². The van der Waals surface area contributed by atoms with E-state index in [-0.39, 0.29) is 0 Å². The van der Waals surface area contributed by atoms with Crippen molar-refractivity contribution in [2.24, 2.45) is 0 Å². The summed E-state index contributed by atoms with van der Waals surface area (Å²) in [5.74, 6) is -0.407. The monoisotopic (exact) mass is 274 g/mol. The van der Waals surface area contributed by atoms with Gasteiger partial charge in [-0.1, -0.05) is 23.7 Å². The summed E-state index contributed by atoms with van der Waals surface area (Å²) in [6.45, 7) is 0.616. The number of nitrogens with zero attached hydrogens (tertiary/aromatic N) is 1. The number of rotatable bonds is 4. The largest absolute Gasteiger partial charge is 0.382 e. The molecule has 0 aliphatic heterocycles. The van der Waals surface area contributed by atoms with Crippen LogP contribution in [0.4, 0.5) is 10.1 Å². The van der Waals surface area contributed by atoms with Crippen LogP contribution in [0.25, 0.3) is 0 Å². The van der Waals surface area contributed by atoms with Crippen LogP contribution in [0.2, 0.25) is 5.02 Å². The second-order valence-electron chi connectivity index (χ2n) is 4.11. The van der Waals surface area contributed by atoms with Gasteiger partial charge in [0.2, 0.25) is 0 Å². The molecule has 4 heteroatoms. The van der Waals surface area contributed by atoms with Crippen molar-refractivity contribution in [1.82, 2.24) is 0 Å². The van der Waals surface area contributed by atoms with Gasteiger partial charge >= 0.3 is 0 Å². The van der Waals surface area contributed by atoms with Gasteiger partial charge in [-0.2, -0.15) is 5.26 Å². The highest BCUT2D eigenvalue weighted by Gasteiger charge is 2.02. The number of hydrogen-bond donors (Lipinski definition) is 1. The van der Waals surface area contributed by atoms with Gasteiger partial charge in [-0.05, 0) is 42.3 Å². The molecular weight excluding hydrogens is 263 g/mol. The Hall–Kier alpha value is -2.05. The first kappa shape index (κ1) is 13.4. The van der Waals surface area contributed by atoms with Crippen molar-refractivity contribution >= 4 is 17.3 Å². The van der Waals surface area contributed by atoms with E-state index in [2.05, 4.69) is 5.32 Å². The Morgan fingerprint density at radius 2 is 1.89 bits per heavy atom. The molecule has 0 aliphatic rings.